The van der Waals surface area contributed by atoms with Crippen LogP contribution < -0.4 is 5.32 Å². The quantitative estimate of drug-likeness (QED) is 0.407. The number of nitrogens with zero attached hydrogens (tertiary/aromatic N) is 2. The van der Waals surface area contributed by atoms with Gasteiger partial charge in [-0.2, -0.15) is 0 Å². The molecule has 8 nitrogen and oxygen atoms in total. The molecule has 4 rings (SSSR count). The number of ether oxygens (including phenoxy) is 1. The maximum atomic E-state index is 14.4. The van der Waals surface area contributed by atoms with Crippen molar-refractivity contribution < 1.29 is 27.8 Å². The fourth-order valence-electron chi connectivity index (χ4n) is 5.54. The summed E-state index contributed by atoms with van der Waals surface area (Å²) in [6.45, 7) is 6.40. The molecule has 0 radical (unpaired) electrons. The Hall–Kier alpha value is -2.53. The molecule has 2 aliphatic heterocycles. The first-order valence-electron chi connectivity index (χ1n) is 13.7. The average molecular weight is 562 g/mol. The molecule has 2 aromatic rings. The summed E-state index contributed by atoms with van der Waals surface area (Å²) >= 11 is 0. The summed E-state index contributed by atoms with van der Waals surface area (Å²) in [5.74, 6) is 0.0118. The van der Waals surface area contributed by atoms with E-state index in [1.54, 1.807) is 32.0 Å². The Bertz CT molecular complexity index is 1230. The van der Waals surface area contributed by atoms with E-state index in [0.717, 1.165) is 44.5 Å². The molecule has 1 fully saturated rings. The molecule has 2 atom stereocenters. The van der Waals surface area contributed by atoms with Gasteiger partial charge in [-0.25, -0.2) is 12.8 Å². The number of benzene rings is 2. The number of hydrogen-bond acceptors (Lipinski definition) is 7. The molecule has 2 aromatic carbocycles. The lowest BCUT2D eigenvalue weighted by atomic mass is 9.88. The van der Waals surface area contributed by atoms with Gasteiger partial charge in [-0.05, 0) is 82.2 Å². The van der Waals surface area contributed by atoms with Crippen molar-refractivity contribution in [3.63, 3.8) is 0 Å². The van der Waals surface area contributed by atoms with Gasteiger partial charge in [0.05, 0.1) is 6.04 Å². The van der Waals surface area contributed by atoms with Gasteiger partial charge in [0.25, 0.3) is 10.0 Å². The molecule has 0 aliphatic carbocycles. The Morgan fingerprint density at radius 3 is 2.41 bits per heavy atom. The zero-order valence-electron chi connectivity index (χ0n) is 22.7. The molecule has 0 bridgehead atoms. The number of hydrogen-bond donors (Lipinski definition) is 3. The van der Waals surface area contributed by atoms with E-state index >= 15 is 0 Å². The maximum absolute atomic E-state index is 14.4. The van der Waals surface area contributed by atoms with Gasteiger partial charge in [-0.1, -0.05) is 42.5 Å². The second-order valence-corrected chi connectivity index (χ2v) is 12.8. The van der Waals surface area contributed by atoms with Gasteiger partial charge in [0.1, 0.15) is 16.7 Å². The van der Waals surface area contributed by atoms with Crippen molar-refractivity contribution in [2.24, 2.45) is 4.40 Å². The highest BCUT2D eigenvalue weighted by Crippen LogP contribution is 2.33. The van der Waals surface area contributed by atoms with Crippen LogP contribution in [0.5, 0.6) is 0 Å². The van der Waals surface area contributed by atoms with E-state index in [1.807, 2.05) is 12.1 Å². The molecule has 2 heterocycles. The first-order chi connectivity index (χ1) is 18.6. The van der Waals surface area contributed by atoms with E-state index in [9.17, 15) is 17.9 Å². The second-order valence-electron chi connectivity index (χ2n) is 11.0. The third-order valence-electron chi connectivity index (χ3n) is 7.79. The van der Waals surface area contributed by atoms with E-state index in [0.29, 0.717) is 11.5 Å². The smallest absolute Gasteiger partial charge is 0.301 e. The van der Waals surface area contributed by atoms with Gasteiger partial charge in [-0.15, -0.1) is 4.40 Å². The lowest BCUT2D eigenvalue weighted by Crippen LogP contribution is -2.53. The van der Waals surface area contributed by atoms with Crippen LogP contribution in [0, 0.1) is 5.82 Å². The Morgan fingerprint density at radius 1 is 1.10 bits per heavy atom. The van der Waals surface area contributed by atoms with E-state index in [-0.39, 0.29) is 32.1 Å². The summed E-state index contributed by atoms with van der Waals surface area (Å²) < 4.78 is 51.0. The standard InChI is InChI=1S/C29H40FN3O5S/c1-29(2)27(20-21-8-10-22(11-9-21)23-12-16-33(17-13-23)15-5-18-34)39(36,37)32-28(38-29)31-26(14-19-35)24-6-3-4-7-25(24)30/h3-4,6-11,23,26-27,34-35H,5,12-20H2,1-2H3,(H,31,32)/t26-,27?/m0/s1. The van der Waals surface area contributed by atoms with Crippen molar-refractivity contribution in [1.82, 2.24) is 10.2 Å². The van der Waals surface area contributed by atoms with Crippen molar-refractivity contribution >= 4 is 16.0 Å². The van der Waals surface area contributed by atoms with Crippen LogP contribution in [0.1, 0.15) is 68.2 Å². The zero-order chi connectivity index (χ0) is 28.0. The molecule has 0 aromatic heterocycles. The number of nitrogens with one attached hydrogen (secondary N) is 1. The monoisotopic (exact) mass is 561 g/mol. The maximum Gasteiger partial charge on any atom is 0.301 e. The van der Waals surface area contributed by atoms with Gasteiger partial charge in [-0.3, -0.25) is 0 Å². The SMILES string of the molecule is CC1(C)OC(N[C@@H](CCO)c2ccccc2F)=NS(=O)(=O)C1Cc1ccc(C2CCN(CCCO)CC2)cc1. The summed E-state index contributed by atoms with van der Waals surface area (Å²) in [5.41, 5.74) is 1.35. The number of halogens is 1. The molecular weight excluding hydrogens is 521 g/mol. The predicted octanol–water partition coefficient (Wildman–Crippen LogP) is 3.51. The number of amidine groups is 1. The van der Waals surface area contributed by atoms with E-state index in [1.165, 1.54) is 11.6 Å². The molecule has 0 saturated carbocycles. The van der Waals surface area contributed by atoms with Crippen LogP contribution in [0.25, 0.3) is 0 Å². The molecular formula is C29H40FN3O5S. The summed E-state index contributed by atoms with van der Waals surface area (Å²) in [5, 5.41) is 20.6. The Kier molecular flexibility index (Phi) is 9.64. The molecule has 214 valence electrons. The number of aliphatic hydroxyl groups is 2. The lowest BCUT2D eigenvalue weighted by Gasteiger charge is -2.38. The van der Waals surface area contributed by atoms with Crippen molar-refractivity contribution in [2.75, 3.05) is 32.8 Å². The Labute approximate surface area is 231 Å². The van der Waals surface area contributed by atoms with Crippen molar-refractivity contribution in [3.05, 3.63) is 71.0 Å². The van der Waals surface area contributed by atoms with Gasteiger partial charge < -0.3 is 25.2 Å². The van der Waals surface area contributed by atoms with Crippen LogP contribution >= 0.6 is 0 Å². The van der Waals surface area contributed by atoms with E-state index < -0.39 is 32.7 Å². The molecule has 1 unspecified atom stereocenters. The van der Waals surface area contributed by atoms with Gasteiger partial charge in [0.2, 0.25) is 0 Å². The predicted molar refractivity (Wildman–Crippen MR) is 150 cm³/mol. The van der Waals surface area contributed by atoms with Crippen LogP contribution in [0.2, 0.25) is 0 Å². The van der Waals surface area contributed by atoms with Crippen LogP contribution in [0.4, 0.5) is 4.39 Å². The van der Waals surface area contributed by atoms with Crippen LogP contribution in [-0.4, -0.2) is 73.3 Å². The Balaban J connectivity index is 1.44. The molecule has 10 heteroatoms. The molecule has 0 spiro atoms. The first kappa shape index (κ1) is 29.5. The van der Waals surface area contributed by atoms with Crippen LogP contribution in [0.15, 0.2) is 52.9 Å². The topological polar surface area (TPSA) is 111 Å². The number of rotatable bonds is 10. The number of aliphatic hydroxyl groups excluding tert-OH is 2. The minimum Gasteiger partial charge on any atom is -0.457 e. The van der Waals surface area contributed by atoms with Gasteiger partial charge in [0, 0.05) is 25.3 Å². The fourth-order valence-corrected chi connectivity index (χ4v) is 7.16. The van der Waals surface area contributed by atoms with Gasteiger partial charge in [0.15, 0.2) is 0 Å². The molecule has 2 aliphatic rings. The highest BCUT2D eigenvalue weighted by atomic mass is 32.2. The fraction of sp³-hybridized carbons (Fsp3) is 0.552. The van der Waals surface area contributed by atoms with E-state index in [2.05, 4.69) is 26.7 Å². The molecule has 3 N–H and O–H groups in total. The largest absolute Gasteiger partial charge is 0.457 e. The number of piperidine rings is 1. The molecule has 0 amide bonds. The minimum atomic E-state index is -3.96. The number of sulfonamides is 1. The first-order valence-corrected chi connectivity index (χ1v) is 15.2. The average Bonchev–Trinajstić information content (AvgIpc) is 2.90. The third kappa shape index (κ3) is 7.36. The Morgan fingerprint density at radius 2 is 1.79 bits per heavy atom. The summed E-state index contributed by atoms with van der Waals surface area (Å²) in [7, 11) is -3.96. The van der Waals surface area contributed by atoms with E-state index in [4.69, 9.17) is 9.84 Å². The summed E-state index contributed by atoms with van der Waals surface area (Å²) in [6, 6.07) is 13.4. The minimum absolute atomic E-state index is 0.154. The zero-order valence-corrected chi connectivity index (χ0v) is 23.5. The number of likely N-dealkylation sites (tertiary alicyclic amines) is 1. The summed E-state index contributed by atoms with van der Waals surface area (Å²) in [4.78, 5) is 2.39. The van der Waals surface area contributed by atoms with Crippen molar-refractivity contribution in [3.8, 4) is 0 Å². The second kappa shape index (κ2) is 12.8. The third-order valence-corrected chi connectivity index (χ3v) is 9.67. The summed E-state index contributed by atoms with van der Waals surface area (Å²) in [6.07, 6.45) is 3.34. The van der Waals surface area contributed by atoms with Crippen LogP contribution in [0.3, 0.4) is 0 Å². The van der Waals surface area contributed by atoms with Gasteiger partial charge >= 0.3 is 6.02 Å². The van der Waals surface area contributed by atoms with Crippen molar-refractivity contribution in [1.29, 1.82) is 0 Å². The highest BCUT2D eigenvalue weighted by Gasteiger charge is 2.46. The molecule has 39 heavy (non-hydrogen) atoms. The lowest BCUT2D eigenvalue weighted by molar-refractivity contribution is 0.0760. The normalized spacial score (nSPS) is 22.1. The van der Waals surface area contributed by atoms with Crippen molar-refractivity contribution in [2.45, 2.75) is 68.8 Å². The van der Waals surface area contributed by atoms with Crippen LogP contribution in [-0.2, 0) is 21.2 Å². The molecule has 1 saturated heterocycles. The highest BCUT2D eigenvalue weighted by molar-refractivity contribution is 7.91.